The van der Waals surface area contributed by atoms with Crippen molar-refractivity contribution in [1.29, 1.82) is 0 Å². The summed E-state index contributed by atoms with van der Waals surface area (Å²) in [5.74, 6) is 0.460. The molecule has 2 aliphatic heterocycles. The minimum absolute atomic E-state index is 0.0134. The van der Waals surface area contributed by atoms with Gasteiger partial charge in [0.25, 0.3) is 5.91 Å². The number of carbonyl (C=O) groups is 1. The van der Waals surface area contributed by atoms with Gasteiger partial charge in [-0.05, 0) is 37.1 Å². The zero-order chi connectivity index (χ0) is 19.7. The number of methoxy groups -OCH3 is 2. The summed E-state index contributed by atoms with van der Waals surface area (Å²) in [6, 6.07) is 10.9. The Morgan fingerprint density at radius 1 is 1.21 bits per heavy atom. The number of nitrogens with zero attached hydrogens (tertiary/aromatic N) is 1. The second-order valence-electron chi connectivity index (χ2n) is 6.96. The average Bonchev–Trinajstić information content (AvgIpc) is 3.23. The van der Waals surface area contributed by atoms with Crippen LogP contribution in [0.25, 0.3) is 0 Å². The van der Waals surface area contributed by atoms with Crippen LogP contribution in [0.15, 0.2) is 36.4 Å². The summed E-state index contributed by atoms with van der Waals surface area (Å²) in [6.07, 6.45) is 1.51. The van der Waals surface area contributed by atoms with E-state index in [0.29, 0.717) is 23.6 Å². The van der Waals surface area contributed by atoms with Gasteiger partial charge in [0.05, 0.1) is 25.9 Å². The molecule has 148 valence electrons. The van der Waals surface area contributed by atoms with Crippen molar-refractivity contribution in [2.45, 2.75) is 25.1 Å². The topological polar surface area (TPSA) is 80.3 Å². The number of rotatable bonds is 5. The fourth-order valence-corrected chi connectivity index (χ4v) is 3.82. The fraction of sp³-hybridized carbons (Fsp3) is 0.381. The van der Waals surface area contributed by atoms with E-state index in [0.717, 1.165) is 30.7 Å². The van der Waals surface area contributed by atoms with E-state index < -0.39 is 6.17 Å². The van der Waals surface area contributed by atoms with Gasteiger partial charge >= 0.3 is 0 Å². The first-order valence-electron chi connectivity index (χ1n) is 9.35. The SMILES string of the molecule is COc1cc([C@@H]2Nc3ccccc3C(=O)N2C[C@@H]2CCCO2)cc(OC)c1O. The lowest BCUT2D eigenvalue weighted by Crippen LogP contribution is -2.46. The number of phenolic OH excluding ortho intramolecular Hbond substituents is 1. The largest absolute Gasteiger partial charge is 0.502 e. The number of phenols is 1. The van der Waals surface area contributed by atoms with Crippen LogP contribution in [-0.4, -0.2) is 49.4 Å². The number of amides is 1. The van der Waals surface area contributed by atoms with Gasteiger partial charge in [0.15, 0.2) is 11.5 Å². The molecule has 1 saturated heterocycles. The number of hydrogen-bond donors (Lipinski definition) is 2. The summed E-state index contributed by atoms with van der Waals surface area (Å²) in [6.45, 7) is 1.21. The molecule has 1 amide bonds. The lowest BCUT2D eigenvalue weighted by Gasteiger charge is -2.39. The van der Waals surface area contributed by atoms with Crippen molar-refractivity contribution in [3.63, 3.8) is 0 Å². The number of aromatic hydroxyl groups is 1. The molecule has 2 N–H and O–H groups in total. The maximum Gasteiger partial charge on any atom is 0.257 e. The number of ether oxygens (including phenoxy) is 3. The van der Waals surface area contributed by atoms with Gasteiger partial charge in [-0.15, -0.1) is 0 Å². The van der Waals surface area contributed by atoms with Gasteiger partial charge < -0.3 is 29.5 Å². The average molecular weight is 384 g/mol. The van der Waals surface area contributed by atoms with E-state index in [1.165, 1.54) is 14.2 Å². The van der Waals surface area contributed by atoms with E-state index in [2.05, 4.69) is 5.32 Å². The maximum absolute atomic E-state index is 13.3. The number of carbonyl (C=O) groups excluding carboxylic acids is 1. The Balaban J connectivity index is 1.77. The molecule has 2 aromatic rings. The van der Waals surface area contributed by atoms with Crippen LogP contribution in [0.3, 0.4) is 0 Å². The van der Waals surface area contributed by atoms with Gasteiger partial charge in [0, 0.05) is 24.4 Å². The Morgan fingerprint density at radius 3 is 2.57 bits per heavy atom. The second kappa shape index (κ2) is 7.59. The Bertz CT molecular complexity index is 854. The minimum atomic E-state index is -0.435. The van der Waals surface area contributed by atoms with Crippen molar-refractivity contribution in [2.75, 3.05) is 32.7 Å². The molecule has 0 saturated carbocycles. The summed E-state index contributed by atoms with van der Waals surface area (Å²) in [5.41, 5.74) is 2.16. The molecule has 0 spiro atoms. The standard InChI is InChI=1S/C21H24N2O5/c1-26-17-10-13(11-18(27-2)19(17)24)20-22-16-8-4-3-7-15(16)21(25)23(20)12-14-6-5-9-28-14/h3-4,7-8,10-11,14,20,22,24H,5-6,9,12H2,1-2H3/t14-,20+/m0/s1. The van der Waals surface area contributed by atoms with Crippen molar-refractivity contribution < 1.29 is 24.1 Å². The summed E-state index contributed by atoms with van der Waals surface area (Å²) in [4.78, 5) is 15.1. The van der Waals surface area contributed by atoms with Crippen molar-refractivity contribution in [3.8, 4) is 17.2 Å². The number of hydrogen-bond acceptors (Lipinski definition) is 6. The van der Waals surface area contributed by atoms with Gasteiger partial charge in [-0.25, -0.2) is 0 Å². The molecule has 4 rings (SSSR count). The summed E-state index contributed by atoms with van der Waals surface area (Å²) in [5, 5.41) is 13.7. The third-order valence-corrected chi connectivity index (χ3v) is 5.26. The highest BCUT2D eigenvalue weighted by atomic mass is 16.5. The van der Waals surface area contributed by atoms with Crippen molar-refractivity contribution in [3.05, 3.63) is 47.5 Å². The summed E-state index contributed by atoms with van der Waals surface area (Å²) >= 11 is 0. The first-order valence-corrected chi connectivity index (χ1v) is 9.35. The van der Waals surface area contributed by atoms with Crippen LogP contribution in [0.1, 0.15) is 34.9 Å². The molecule has 2 aromatic carbocycles. The molecule has 0 aromatic heterocycles. The van der Waals surface area contributed by atoms with Gasteiger partial charge in [-0.3, -0.25) is 4.79 Å². The van der Waals surface area contributed by atoms with Crippen molar-refractivity contribution >= 4 is 11.6 Å². The minimum Gasteiger partial charge on any atom is -0.502 e. The zero-order valence-corrected chi connectivity index (χ0v) is 16.0. The predicted molar refractivity (Wildman–Crippen MR) is 104 cm³/mol. The molecule has 2 atom stereocenters. The molecule has 28 heavy (non-hydrogen) atoms. The monoisotopic (exact) mass is 384 g/mol. The van der Waals surface area contributed by atoms with E-state index in [-0.39, 0.29) is 17.8 Å². The summed E-state index contributed by atoms with van der Waals surface area (Å²) < 4.78 is 16.4. The second-order valence-corrected chi connectivity index (χ2v) is 6.96. The van der Waals surface area contributed by atoms with Crippen LogP contribution >= 0.6 is 0 Å². The number of anilines is 1. The summed E-state index contributed by atoms with van der Waals surface area (Å²) in [7, 11) is 2.97. The van der Waals surface area contributed by atoms with Gasteiger partial charge in [0.2, 0.25) is 5.75 Å². The Kier molecular flexibility index (Phi) is 5.00. The molecule has 2 heterocycles. The smallest absolute Gasteiger partial charge is 0.257 e. The number of nitrogens with one attached hydrogen (secondary N) is 1. The van der Waals surface area contributed by atoms with Crippen LogP contribution in [0, 0.1) is 0 Å². The fourth-order valence-electron chi connectivity index (χ4n) is 3.82. The predicted octanol–water partition coefficient (Wildman–Crippen LogP) is 3.15. The van der Waals surface area contributed by atoms with Crippen LogP contribution in [0.4, 0.5) is 5.69 Å². The number of benzene rings is 2. The van der Waals surface area contributed by atoms with Crippen LogP contribution in [0.2, 0.25) is 0 Å². The van der Waals surface area contributed by atoms with Gasteiger partial charge in [0.1, 0.15) is 6.17 Å². The molecule has 7 heteroatoms. The molecule has 0 bridgehead atoms. The normalized spacial score (nSPS) is 21.2. The first-order chi connectivity index (χ1) is 13.6. The lowest BCUT2D eigenvalue weighted by molar-refractivity contribution is 0.0426. The quantitative estimate of drug-likeness (QED) is 0.824. The van der Waals surface area contributed by atoms with E-state index >= 15 is 0 Å². The van der Waals surface area contributed by atoms with Crippen LogP contribution in [-0.2, 0) is 4.74 Å². The maximum atomic E-state index is 13.3. The van der Waals surface area contributed by atoms with Crippen LogP contribution in [0.5, 0.6) is 17.2 Å². The molecule has 0 aliphatic carbocycles. The van der Waals surface area contributed by atoms with Gasteiger partial charge in [-0.1, -0.05) is 12.1 Å². The lowest BCUT2D eigenvalue weighted by atomic mass is 10.0. The van der Waals surface area contributed by atoms with E-state index in [4.69, 9.17) is 14.2 Å². The molecule has 2 aliphatic rings. The highest BCUT2D eigenvalue weighted by Gasteiger charge is 2.36. The molecule has 1 fully saturated rings. The molecular weight excluding hydrogens is 360 g/mol. The van der Waals surface area contributed by atoms with Gasteiger partial charge in [-0.2, -0.15) is 0 Å². The number of fused-ring (bicyclic) bond motifs is 1. The third kappa shape index (κ3) is 3.22. The molecule has 0 unspecified atom stereocenters. The Hall–Kier alpha value is -2.93. The first kappa shape index (κ1) is 18.4. The van der Waals surface area contributed by atoms with E-state index in [9.17, 15) is 9.90 Å². The highest BCUT2D eigenvalue weighted by Crippen LogP contribution is 2.42. The van der Waals surface area contributed by atoms with E-state index in [1.807, 2.05) is 24.3 Å². The molecule has 0 radical (unpaired) electrons. The molecule has 7 nitrogen and oxygen atoms in total. The molecular formula is C21H24N2O5. The highest BCUT2D eigenvalue weighted by molar-refractivity contribution is 6.01. The van der Waals surface area contributed by atoms with Crippen LogP contribution < -0.4 is 14.8 Å². The number of para-hydroxylation sites is 1. The third-order valence-electron chi connectivity index (χ3n) is 5.26. The zero-order valence-electron chi connectivity index (χ0n) is 16.0. The Labute approximate surface area is 163 Å². The van der Waals surface area contributed by atoms with E-state index in [1.54, 1.807) is 17.0 Å². The Morgan fingerprint density at radius 2 is 1.93 bits per heavy atom. The van der Waals surface area contributed by atoms with Crippen molar-refractivity contribution in [1.82, 2.24) is 4.90 Å². The van der Waals surface area contributed by atoms with Crippen molar-refractivity contribution in [2.24, 2.45) is 0 Å².